The summed E-state index contributed by atoms with van der Waals surface area (Å²) in [6, 6.07) is 3.34. The molecule has 1 unspecified atom stereocenters. The third kappa shape index (κ3) is 2.39. The first-order chi connectivity index (χ1) is 6.79. The molecular formula is C10H11NO3. The maximum absolute atomic E-state index is 11.3. The van der Waals surface area contributed by atoms with Gasteiger partial charge in [0, 0.05) is 12.4 Å². The Kier molecular flexibility index (Phi) is 3.79. The summed E-state index contributed by atoms with van der Waals surface area (Å²) in [5.41, 5.74) is 0.556. The summed E-state index contributed by atoms with van der Waals surface area (Å²) in [5.74, 6) is -1.39. The fourth-order valence-electron chi connectivity index (χ4n) is 1.06. The van der Waals surface area contributed by atoms with Crippen LogP contribution in [0.25, 0.3) is 0 Å². The molecule has 4 heteroatoms. The Morgan fingerprint density at radius 1 is 1.71 bits per heavy atom. The predicted molar refractivity (Wildman–Crippen MR) is 49.7 cm³/mol. The molecule has 0 spiro atoms. The molecule has 14 heavy (non-hydrogen) atoms. The average molecular weight is 193 g/mol. The minimum absolute atomic E-state index is 0.267. The van der Waals surface area contributed by atoms with Gasteiger partial charge in [-0.1, -0.05) is 6.07 Å². The number of pyridine rings is 1. The molecule has 0 aliphatic rings. The lowest BCUT2D eigenvalue weighted by atomic mass is 10.0. The zero-order chi connectivity index (χ0) is 10.4. The molecule has 0 aliphatic heterocycles. The molecule has 1 aromatic rings. The molecule has 0 saturated heterocycles. The number of hydrogen-bond acceptors (Lipinski definition) is 4. The fourth-order valence-corrected chi connectivity index (χ4v) is 1.06. The van der Waals surface area contributed by atoms with Crippen molar-refractivity contribution in [2.45, 2.75) is 12.8 Å². The number of carbonyl (C=O) groups excluding carboxylic acids is 2. The summed E-state index contributed by atoms with van der Waals surface area (Å²) >= 11 is 0. The van der Waals surface area contributed by atoms with Gasteiger partial charge in [0.2, 0.25) is 0 Å². The van der Waals surface area contributed by atoms with Gasteiger partial charge in [-0.2, -0.15) is 0 Å². The van der Waals surface area contributed by atoms with Crippen LogP contribution in [0, 0.1) is 0 Å². The molecule has 0 N–H and O–H groups in total. The molecule has 0 bridgehead atoms. The predicted octanol–water partition coefficient (Wildman–Crippen LogP) is 0.927. The van der Waals surface area contributed by atoms with Crippen LogP contribution in [0.3, 0.4) is 0 Å². The Morgan fingerprint density at radius 2 is 2.50 bits per heavy atom. The van der Waals surface area contributed by atoms with Gasteiger partial charge in [0.05, 0.1) is 6.61 Å². The number of hydrogen-bond donors (Lipinski definition) is 0. The second-order valence-corrected chi connectivity index (χ2v) is 2.65. The van der Waals surface area contributed by atoms with Crippen LogP contribution in [0.4, 0.5) is 0 Å². The monoisotopic (exact) mass is 193 g/mol. The standard InChI is InChI=1S/C10H11NO3/c1-2-14-10(13)9(7-12)8-4-3-5-11-6-8/h3-7,9H,2H2,1H3. The Bertz CT molecular complexity index is 310. The van der Waals surface area contributed by atoms with E-state index in [9.17, 15) is 9.59 Å². The third-order valence-electron chi connectivity index (χ3n) is 1.72. The number of esters is 1. The first-order valence-corrected chi connectivity index (χ1v) is 4.31. The van der Waals surface area contributed by atoms with E-state index >= 15 is 0 Å². The summed E-state index contributed by atoms with van der Waals surface area (Å²) in [7, 11) is 0. The SMILES string of the molecule is CCOC(=O)C(C=O)c1cccnc1. The number of aldehydes is 1. The van der Waals surface area contributed by atoms with Crippen LogP contribution in [0.2, 0.25) is 0 Å². The van der Waals surface area contributed by atoms with Crippen molar-refractivity contribution in [1.29, 1.82) is 0 Å². The molecule has 1 aromatic heterocycles. The van der Waals surface area contributed by atoms with Crippen LogP contribution in [-0.4, -0.2) is 23.8 Å². The fraction of sp³-hybridized carbons (Fsp3) is 0.300. The lowest BCUT2D eigenvalue weighted by Crippen LogP contribution is -2.17. The molecule has 0 aliphatic carbocycles. The van der Waals surface area contributed by atoms with E-state index in [0.29, 0.717) is 11.8 Å². The number of ether oxygens (including phenoxy) is 1. The Morgan fingerprint density at radius 3 is 3.00 bits per heavy atom. The van der Waals surface area contributed by atoms with Crippen molar-refractivity contribution in [3.63, 3.8) is 0 Å². The van der Waals surface area contributed by atoms with Crippen molar-refractivity contribution >= 4 is 12.3 Å². The number of rotatable bonds is 4. The van der Waals surface area contributed by atoms with E-state index in [1.165, 1.54) is 6.20 Å². The highest BCUT2D eigenvalue weighted by atomic mass is 16.5. The largest absolute Gasteiger partial charge is 0.465 e. The summed E-state index contributed by atoms with van der Waals surface area (Å²) in [5, 5.41) is 0. The number of nitrogens with zero attached hydrogens (tertiary/aromatic N) is 1. The minimum atomic E-state index is -0.858. The second-order valence-electron chi connectivity index (χ2n) is 2.65. The maximum atomic E-state index is 11.3. The molecular weight excluding hydrogens is 182 g/mol. The number of aromatic nitrogens is 1. The molecule has 74 valence electrons. The van der Waals surface area contributed by atoms with Gasteiger partial charge in [-0.05, 0) is 18.6 Å². The highest BCUT2D eigenvalue weighted by Gasteiger charge is 2.20. The Balaban J connectivity index is 2.82. The minimum Gasteiger partial charge on any atom is -0.465 e. The topological polar surface area (TPSA) is 56.3 Å². The van der Waals surface area contributed by atoms with Gasteiger partial charge in [-0.25, -0.2) is 0 Å². The van der Waals surface area contributed by atoms with Crippen LogP contribution in [0.15, 0.2) is 24.5 Å². The van der Waals surface area contributed by atoms with E-state index in [1.54, 1.807) is 25.3 Å². The van der Waals surface area contributed by atoms with E-state index in [1.807, 2.05) is 0 Å². The molecule has 1 rings (SSSR count). The van der Waals surface area contributed by atoms with Crippen molar-refractivity contribution in [1.82, 2.24) is 4.98 Å². The maximum Gasteiger partial charge on any atom is 0.320 e. The van der Waals surface area contributed by atoms with Crippen LogP contribution >= 0.6 is 0 Å². The van der Waals surface area contributed by atoms with Crippen LogP contribution < -0.4 is 0 Å². The van der Waals surface area contributed by atoms with Crippen LogP contribution in [0.5, 0.6) is 0 Å². The van der Waals surface area contributed by atoms with Crippen LogP contribution in [-0.2, 0) is 14.3 Å². The molecule has 1 heterocycles. The van der Waals surface area contributed by atoms with Crippen molar-refractivity contribution in [2.75, 3.05) is 6.61 Å². The summed E-state index contributed by atoms with van der Waals surface area (Å²) < 4.78 is 4.75. The molecule has 0 saturated carbocycles. The second kappa shape index (κ2) is 5.11. The van der Waals surface area contributed by atoms with Gasteiger partial charge >= 0.3 is 5.97 Å². The molecule has 0 aromatic carbocycles. The van der Waals surface area contributed by atoms with Gasteiger partial charge in [0.25, 0.3) is 0 Å². The Hall–Kier alpha value is -1.71. The highest BCUT2D eigenvalue weighted by molar-refractivity contribution is 5.93. The first-order valence-electron chi connectivity index (χ1n) is 4.31. The first kappa shape index (κ1) is 10.4. The van der Waals surface area contributed by atoms with Gasteiger partial charge in [-0.15, -0.1) is 0 Å². The van der Waals surface area contributed by atoms with E-state index in [0.717, 1.165) is 0 Å². The normalized spacial score (nSPS) is 11.8. The van der Waals surface area contributed by atoms with Gasteiger partial charge < -0.3 is 9.53 Å². The zero-order valence-electron chi connectivity index (χ0n) is 7.84. The molecule has 1 atom stereocenters. The van der Waals surface area contributed by atoms with Gasteiger partial charge in [-0.3, -0.25) is 9.78 Å². The summed E-state index contributed by atoms with van der Waals surface area (Å²) in [6.45, 7) is 1.96. The quantitative estimate of drug-likeness (QED) is 0.405. The van der Waals surface area contributed by atoms with Crippen molar-refractivity contribution in [2.24, 2.45) is 0 Å². The van der Waals surface area contributed by atoms with E-state index in [2.05, 4.69) is 4.98 Å². The smallest absolute Gasteiger partial charge is 0.320 e. The van der Waals surface area contributed by atoms with Gasteiger partial charge in [0.1, 0.15) is 12.2 Å². The van der Waals surface area contributed by atoms with E-state index in [4.69, 9.17) is 4.74 Å². The van der Waals surface area contributed by atoms with Gasteiger partial charge in [0.15, 0.2) is 0 Å². The lowest BCUT2D eigenvalue weighted by Gasteiger charge is -2.08. The third-order valence-corrected chi connectivity index (χ3v) is 1.72. The summed E-state index contributed by atoms with van der Waals surface area (Å²) in [4.78, 5) is 25.8. The van der Waals surface area contributed by atoms with Crippen molar-refractivity contribution in [3.8, 4) is 0 Å². The molecule has 0 radical (unpaired) electrons. The molecule has 0 amide bonds. The average Bonchev–Trinajstić information content (AvgIpc) is 2.21. The van der Waals surface area contributed by atoms with E-state index in [-0.39, 0.29) is 6.61 Å². The van der Waals surface area contributed by atoms with Crippen molar-refractivity contribution in [3.05, 3.63) is 30.1 Å². The lowest BCUT2D eigenvalue weighted by molar-refractivity contribution is -0.146. The molecule has 0 fully saturated rings. The highest BCUT2D eigenvalue weighted by Crippen LogP contribution is 2.13. The number of carbonyl (C=O) groups is 2. The van der Waals surface area contributed by atoms with Crippen molar-refractivity contribution < 1.29 is 14.3 Å². The zero-order valence-corrected chi connectivity index (χ0v) is 7.84. The Labute approximate surface area is 81.9 Å². The van der Waals surface area contributed by atoms with E-state index < -0.39 is 11.9 Å². The molecule has 4 nitrogen and oxygen atoms in total. The van der Waals surface area contributed by atoms with Crippen LogP contribution in [0.1, 0.15) is 18.4 Å². The summed E-state index contributed by atoms with van der Waals surface area (Å²) in [6.07, 6.45) is 3.63.